The second-order valence-electron chi connectivity index (χ2n) is 3.99. The van der Waals surface area contributed by atoms with Gasteiger partial charge >= 0.3 is 6.61 Å². The number of rotatable bonds is 6. The first-order valence-corrected chi connectivity index (χ1v) is 5.94. The average molecular weight is 294 g/mol. The summed E-state index contributed by atoms with van der Waals surface area (Å²) in [6, 6.07) is 6.36. The van der Waals surface area contributed by atoms with Crippen LogP contribution in [0.2, 0.25) is 0 Å². The molecule has 0 atom stereocenters. The second-order valence-corrected chi connectivity index (χ2v) is 3.99. The van der Waals surface area contributed by atoms with Crippen LogP contribution in [0.15, 0.2) is 36.7 Å². The number of nitrogens with two attached hydrogens (primary N) is 1. The fourth-order valence-corrected chi connectivity index (χ4v) is 1.62. The molecule has 0 aliphatic heterocycles. The molecule has 8 heteroatoms. The standard InChI is InChI=1S/C13H12F2N4O2/c14-13(15)21-10-4-2-1-3-8(10)5-18-11-7-17-6-9(19-11)12(16)20/h1-4,6-7,13H,5H2,(H2,16,20)(H,18,19). The Hall–Kier alpha value is -2.77. The van der Waals surface area contributed by atoms with E-state index in [4.69, 9.17) is 5.73 Å². The molecule has 0 aliphatic carbocycles. The van der Waals surface area contributed by atoms with Gasteiger partial charge < -0.3 is 15.8 Å². The highest BCUT2D eigenvalue weighted by Crippen LogP contribution is 2.21. The Kier molecular flexibility index (Phi) is 4.60. The zero-order valence-electron chi connectivity index (χ0n) is 10.8. The van der Waals surface area contributed by atoms with Gasteiger partial charge in [0.15, 0.2) is 0 Å². The van der Waals surface area contributed by atoms with Crippen LogP contribution in [0.5, 0.6) is 5.75 Å². The largest absolute Gasteiger partial charge is 0.434 e. The number of carbonyl (C=O) groups excluding carboxylic acids is 1. The first kappa shape index (κ1) is 14.6. The lowest BCUT2D eigenvalue weighted by Crippen LogP contribution is -2.15. The van der Waals surface area contributed by atoms with Gasteiger partial charge in [-0.05, 0) is 6.07 Å². The van der Waals surface area contributed by atoms with Crippen molar-refractivity contribution in [1.29, 1.82) is 0 Å². The zero-order valence-corrected chi connectivity index (χ0v) is 10.8. The molecule has 0 saturated carbocycles. The molecule has 3 N–H and O–H groups in total. The predicted octanol–water partition coefficient (Wildman–Crippen LogP) is 1.79. The molecule has 2 rings (SSSR count). The molecule has 1 aromatic carbocycles. The van der Waals surface area contributed by atoms with E-state index in [9.17, 15) is 13.6 Å². The summed E-state index contributed by atoms with van der Waals surface area (Å²) >= 11 is 0. The van der Waals surface area contributed by atoms with Gasteiger partial charge in [0, 0.05) is 12.1 Å². The van der Waals surface area contributed by atoms with Crippen molar-refractivity contribution < 1.29 is 18.3 Å². The molecule has 1 amide bonds. The van der Waals surface area contributed by atoms with Crippen molar-refractivity contribution in [1.82, 2.24) is 9.97 Å². The van der Waals surface area contributed by atoms with Crippen molar-refractivity contribution in [3.63, 3.8) is 0 Å². The van der Waals surface area contributed by atoms with Gasteiger partial charge in [0.25, 0.3) is 5.91 Å². The number of hydrogen-bond acceptors (Lipinski definition) is 5. The van der Waals surface area contributed by atoms with Gasteiger partial charge in [-0.3, -0.25) is 9.78 Å². The molecule has 110 valence electrons. The number of para-hydroxylation sites is 1. The second kappa shape index (κ2) is 6.60. The third-order valence-corrected chi connectivity index (χ3v) is 2.54. The summed E-state index contributed by atoms with van der Waals surface area (Å²) in [7, 11) is 0. The number of hydrogen-bond donors (Lipinski definition) is 2. The van der Waals surface area contributed by atoms with Crippen LogP contribution in [0, 0.1) is 0 Å². The minimum absolute atomic E-state index is 0.0112. The van der Waals surface area contributed by atoms with Crippen molar-refractivity contribution in [3.8, 4) is 5.75 Å². The Bertz CT molecular complexity index is 637. The molecule has 0 saturated heterocycles. The summed E-state index contributed by atoms with van der Waals surface area (Å²) in [6.45, 7) is -2.72. The third kappa shape index (κ3) is 4.10. The van der Waals surface area contributed by atoms with Crippen molar-refractivity contribution in [3.05, 3.63) is 47.9 Å². The molecule has 0 radical (unpaired) electrons. The molecule has 0 bridgehead atoms. The molecule has 0 aliphatic rings. The van der Waals surface area contributed by atoms with Crippen LogP contribution in [0.1, 0.15) is 16.1 Å². The Morgan fingerprint density at radius 2 is 2.10 bits per heavy atom. The predicted molar refractivity (Wildman–Crippen MR) is 71.0 cm³/mol. The number of carbonyl (C=O) groups is 1. The van der Waals surface area contributed by atoms with Gasteiger partial charge in [0.1, 0.15) is 17.3 Å². The summed E-state index contributed by atoms with van der Waals surface area (Å²) < 4.78 is 29.0. The molecule has 6 nitrogen and oxygen atoms in total. The summed E-state index contributed by atoms with van der Waals surface area (Å²) in [6.07, 6.45) is 2.63. The lowest BCUT2D eigenvalue weighted by molar-refractivity contribution is -0.0504. The summed E-state index contributed by atoms with van der Waals surface area (Å²) in [5.41, 5.74) is 5.63. The SMILES string of the molecule is NC(=O)c1cncc(NCc2ccccc2OC(F)F)n1. The molecule has 21 heavy (non-hydrogen) atoms. The van der Waals surface area contributed by atoms with E-state index >= 15 is 0 Å². The molecular formula is C13H12F2N4O2. The maximum atomic E-state index is 12.3. The quantitative estimate of drug-likeness (QED) is 0.847. The summed E-state index contributed by atoms with van der Waals surface area (Å²) in [4.78, 5) is 18.7. The average Bonchev–Trinajstić information content (AvgIpc) is 2.46. The first-order chi connectivity index (χ1) is 10.1. The number of ether oxygens (including phenoxy) is 1. The number of benzene rings is 1. The van der Waals surface area contributed by atoms with Gasteiger partial charge in [0.05, 0.1) is 12.4 Å². The maximum absolute atomic E-state index is 12.3. The smallest absolute Gasteiger partial charge is 0.387 e. The van der Waals surface area contributed by atoms with Gasteiger partial charge in [-0.2, -0.15) is 8.78 Å². The van der Waals surface area contributed by atoms with Crippen LogP contribution in [0.3, 0.4) is 0 Å². The number of anilines is 1. The Morgan fingerprint density at radius 1 is 1.33 bits per heavy atom. The lowest BCUT2D eigenvalue weighted by atomic mass is 10.2. The summed E-state index contributed by atoms with van der Waals surface area (Å²) in [5, 5.41) is 2.86. The fraction of sp³-hybridized carbons (Fsp3) is 0.154. The number of alkyl halides is 2. The Labute approximate surface area is 119 Å². The van der Waals surface area contributed by atoms with E-state index in [0.29, 0.717) is 11.4 Å². The highest BCUT2D eigenvalue weighted by atomic mass is 19.3. The molecule has 2 aromatic rings. The lowest BCUT2D eigenvalue weighted by Gasteiger charge is -2.11. The topological polar surface area (TPSA) is 90.1 Å². The van der Waals surface area contributed by atoms with Gasteiger partial charge in [-0.15, -0.1) is 0 Å². The third-order valence-electron chi connectivity index (χ3n) is 2.54. The number of aromatic nitrogens is 2. The van der Waals surface area contributed by atoms with E-state index in [0.717, 1.165) is 0 Å². The van der Waals surface area contributed by atoms with Crippen molar-refractivity contribution in [2.75, 3.05) is 5.32 Å². The highest BCUT2D eigenvalue weighted by Gasteiger charge is 2.09. The minimum Gasteiger partial charge on any atom is -0.434 e. The summed E-state index contributed by atoms with van der Waals surface area (Å²) in [5.74, 6) is -0.329. The molecule has 0 unspecified atom stereocenters. The van der Waals surface area contributed by atoms with E-state index in [1.165, 1.54) is 18.5 Å². The van der Waals surface area contributed by atoms with E-state index in [1.807, 2.05) is 0 Å². The Morgan fingerprint density at radius 3 is 2.81 bits per heavy atom. The zero-order chi connectivity index (χ0) is 15.2. The van der Waals surface area contributed by atoms with Gasteiger partial charge in [-0.25, -0.2) is 4.98 Å². The van der Waals surface area contributed by atoms with E-state index in [-0.39, 0.29) is 18.0 Å². The molecule has 0 spiro atoms. The van der Waals surface area contributed by atoms with Crippen LogP contribution >= 0.6 is 0 Å². The fourth-order valence-electron chi connectivity index (χ4n) is 1.62. The van der Waals surface area contributed by atoms with E-state index in [1.54, 1.807) is 18.2 Å². The molecule has 0 fully saturated rings. The van der Waals surface area contributed by atoms with Crippen LogP contribution in [-0.2, 0) is 6.54 Å². The molecule has 1 heterocycles. The monoisotopic (exact) mass is 294 g/mol. The number of primary amides is 1. The van der Waals surface area contributed by atoms with Crippen LogP contribution in [-0.4, -0.2) is 22.5 Å². The Balaban J connectivity index is 2.09. The van der Waals surface area contributed by atoms with E-state index < -0.39 is 12.5 Å². The highest BCUT2D eigenvalue weighted by molar-refractivity contribution is 5.90. The molecule has 1 aromatic heterocycles. The van der Waals surface area contributed by atoms with Crippen molar-refractivity contribution >= 4 is 11.7 Å². The van der Waals surface area contributed by atoms with Crippen molar-refractivity contribution in [2.45, 2.75) is 13.2 Å². The van der Waals surface area contributed by atoms with E-state index in [2.05, 4.69) is 20.0 Å². The number of amides is 1. The first-order valence-electron chi connectivity index (χ1n) is 5.94. The minimum atomic E-state index is -2.90. The van der Waals surface area contributed by atoms with Crippen LogP contribution in [0.25, 0.3) is 0 Å². The van der Waals surface area contributed by atoms with Gasteiger partial charge in [-0.1, -0.05) is 18.2 Å². The van der Waals surface area contributed by atoms with Crippen LogP contribution in [0.4, 0.5) is 14.6 Å². The number of nitrogens with one attached hydrogen (secondary N) is 1. The number of nitrogens with zero attached hydrogens (tertiary/aromatic N) is 2. The molecular weight excluding hydrogens is 282 g/mol. The van der Waals surface area contributed by atoms with Crippen LogP contribution < -0.4 is 15.8 Å². The normalized spacial score (nSPS) is 10.4. The van der Waals surface area contributed by atoms with Gasteiger partial charge in [0.2, 0.25) is 0 Å². The number of halogens is 2. The maximum Gasteiger partial charge on any atom is 0.387 e. The van der Waals surface area contributed by atoms with Crippen molar-refractivity contribution in [2.24, 2.45) is 5.73 Å².